The lowest BCUT2D eigenvalue weighted by molar-refractivity contribution is -0.274. The summed E-state index contributed by atoms with van der Waals surface area (Å²) in [6.45, 7) is 3.43. The maximum Gasteiger partial charge on any atom is 0.573 e. The normalized spacial score (nSPS) is 12.1. The molecule has 0 fully saturated rings. The number of nitrogens with two attached hydrogens (primary N) is 1. The smallest absolute Gasteiger partial charge is 0.404 e. The number of nitrogens with zero attached hydrogens (tertiary/aromatic N) is 1. The topological polar surface area (TPSA) is 68.9 Å². The molecule has 27 heavy (non-hydrogen) atoms. The van der Waals surface area contributed by atoms with Crippen LogP contribution in [0.15, 0.2) is 53.5 Å². The number of ether oxygens (including phenoxy) is 2. The van der Waals surface area contributed by atoms with Crippen molar-refractivity contribution >= 4 is 11.6 Å². The molecule has 3 N–H and O–H groups in total. The molecule has 5 nitrogen and oxygen atoms in total. The van der Waals surface area contributed by atoms with Gasteiger partial charge in [-0.25, -0.2) is 4.99 Å². The van der Waals surface area contributed by atoms with Crippen molar-refractivity contribution in [2.45, 2.75) is 32.9 Å². The Balaban J connectivity index is 2.05. The van der Waals surface area contributed by atoms with Gasteiger partial charge < -0.3 is 20.5 Å². The van der Waals surface area contributed by atoms with Crippen molar-refractivity contribution in [3.8, 4) is 5.75 Å². The first kappa shape index (κ1) is 20.6. The van der Waals surface area contributed by atoms with Gasteiger partial charge in [-0.3, -0.25) is 0 Å². The Morgan fingerprint density at radius 3 is 2.44 bits per heavy atom. The predicted molar refractivity (Wildman–Crippen MR) is 98.5 cm³/mol. The molecule has 0 atom stereocenters. The summed E-state index contributed by atoms with van der Waals surface area (Å²) in [5, 5.41) is 2.65. The van der Waals surface area contributed by atoms with Crippen molar-refractivity contribution in [2.24, 2.45) is 10.7 Å². The molecule has 146 valence electrons. The van der Waals surface area contributed by atoms with Crippen LogP contribution in [0.3, 0.4) is 0 Å². The number of hydrogen-bond donors (Lipinski definition) is 2. The number of guanidine groups is 1. The minimum absolute atomic E-state index is 0.0162. The van der Waals surface area contributed by atoms with Crippen molar-refractivity contribution in [3.05, 3.63) is 59.7 Å². The molecule has 0 amide bonds. The van der Waals surface area contributed by atoms with E-state index in [-0.39, 0.29) is 23.9 Å². The number of para-hydroxylation sites is 2. The average molecular weight is 381 g/mol. The van der Waals surface area contributed by atoms with Gasteiger partial charge in [0, 0.05) is 6.61 Å². The number of anilines is 1. The molecule has 8 heteroatoms. The van der Waals surface area contributed by atoms with Crippen LogP contribution in [-0.2, 0) is 17.9 Å². The molecule has 0 saturated heterocycles. The van der Waals surface area contributed by atoms with Crippen molar-refractivity contribution in [1.29, 1.82) is 0 Å². The lowest BCUT2D eigenvalue weighted by Gasteiger charge is -2.14. The highest BCUT2D eigenvalue weighted by molar-refractivity contribution is 5.93. The molecule has 0 heterocycles. The lowest BCUT2D eigenvalue weighted by Crippen LogP contribution is -2.24. The first-order valence-electron chi connectivity index (χ1n) is 8.45. The molecule has 0 aliphatic heterocycles. The minimum Gasteiger partial charge on any atom is -0.404 e. The standard InChI is InChI=1S/C19H22F3N3O2/c1-2-11-26-13-15-8-4-3-7-14(15)12-24-18(23)25-16-9-5-6-10-17(16)27-19(20,21)22/h3-10H,2,11-13H2,1H3,(H3,23,24,25). The third-order valence-electron chi connectivity index (χ3n) is 3.52. The highest BCUT2D eigenvalue weighted by Gasteiger charge is 2.32. The highest BCUT2D eigenvalue weighted by Crippen LogP contribution is 2.29. The molecule has 0 aliphatic rings. The molecule has 0 aliphatic carbocycles. The number of nitrogens with one attached hydrogen (secondary N) is 1. The first-order valence-corrected chi connectivity index (χ1v) is 8.45. The Bertz CT molecular complexity index is 764. The average Bonchev–Trinajstić information content (AvgIpc) is 2.61. The van der Waals surface area contributed by atoms with Crippen LogP contribution >= 0.6 is 0 Å². The number of rotatable bonds is 8. The van der Waals surface area contributed by atoms with Gasteiger partial charge in [0.15, 0.2) is 11.7 Å². The third kappa shape index (κ3) is 7.18. The zero-order valence-electron chi connectivity index (χ0n) is 14.9. The molecule has 2 aromatic rings. The quantitative estimate of drug-likeness (QED) is 0.403. The maximum atomic E-state index is 12.5. The van der Waals surface area contributed by atoms with Crippen LogP contribution in [0.1, 0.15) is 24.5 Å². The SMILES string of the molecule is CCCOCc1ccccc1CN=C(N)Nc1ccccc1OC(F)(F)F. The van der Waals surface area contributed by atoms with Gasteiger partial charge in [-0.1, -0.05) is 43.3 Å². The van der Waals surface area contributed by atoms with E-state index in [9.17, 15) is 13.2 Å². The predicted octanol–water partition coefficient (Wildman–Crippen LogP) is 4.44. The van der Waals surface area contributed by atoms with Crippen molar-refractivity contribution in [3.63, 3.8) is 0 Å². The fourth-order valence-electron chi connectivity index (χ4n) is 2.31. The number of aliphatic imine (C=N–C) groups is 1. The van der Waals surface area contributed by atoms with Gasteiger partial charge in [-0.2, -0.15) is 0 Å². The van der Waals surface area contributed by atoms with Gasteiger partial charge in [-0.05, 0) is 29.7 Å². The number of halogens is 3. The summed E-state index contributed by atoms with van der Waals surface area (Å²) < 4.78 is 47.0. The summed E-state index contributed by atoms with van der Waals surface area (Å²) in [4.78, 5) is 4.21. The molecular formula is C19H22F3N3O2. The maximum absolute atomic E-state index is 12.5. The van der Waals surface area contributed by atoms with Crippen molar-refractivity contribution in [2.75, 3.05) is 11.9 Å². The van der Waals surface area contributed by atoms with Gasteiger partial charge in [0.25, 0.3) is 0 Å². The summed E-state index contributed by atoms with van der Waals surface area (Å²) in [5.41, 5.74) is 7.83. The Morgan fingerprint density at radius 2 is 1.74 bits per heavy atom. The molecule has 0 spiro atoms. The Kier molecular flexibility index (Phi) is 7.48. The third-order valence-corrected chi connectivity index (χ3v) is 3.52. The van der Waals surface area contributed by atoms with Crippen LogP contribution in [0.5, 0.6) is 5.75 Å². The van der Waals surface area contributed by atoms with Crippen LogP contribution in [0.25, 0.3) is 0 Å². The van der Waals surface area contributed by atoms with Gasteiger partial charge in [0.1, 0.15) is 0 Å². The van der Waals surface area contributed by atoms with E-state index in [0.29, 0.717) is 13.2 Å². The molecular weight excluding hydrogens is 359 g/mol. The van der Waals surface area contributed by atoms with E-state index in [0.717, 1.165) is 17.5 Å². The van der Waals surface area contributed by atoms with Gasteiger partial charge in [0.05, 0.1) is 18.8 Å². The molecule has 0 saturated carbocycles. The first-order chi connectivity index (χ1) is 12.9. The Labute approximate surface area is 156 Å². The zero-order chi connectivity index (χ0) is 19.7. The van der Waals surface area contributed by atoms with Crippen LogP contribution in [-0.4, -0.2) is 18.9 Å². The van der Waals surface area contributed by atoms with E-state index in [1.807, 2.05) is 31.2 Å². The molecule has 0 radical (unpaired) electrons. The fraction of sp³-hybridized carbons (Fsp3) is 0.316. The van der Waals surface area contributed by atoms with Gasteiger partial charge in [-0.15, -0.1) is 13.2 Å². The second-order valence-corrected chi connectivity index (χ2v) is 5.69. The molecule has 0 unspecified atom stereocenters. The Morgan fingerprint density at radius 1 is 1.07 bits per heavy atom. The second-order valence-electron chi connectivity index (χ2n) is 5.69. The summed E-state index contributed by atoms with van der Waals surface area (Å²) in [6, 6.07) is 13.3. The second kappa shape index (κ2) is 9.82. The van der Waals surface area contributed by atoms with Gasteiger partial charge in [0.2, 0.25) is 0 Å². The minimum atomic E-state index is -4.79. The Hall–Kier alpha value is -2.74. The number of hydrogen-bond acceptors (Lipinski definition) is 3. The molecule has 0 bridgehead atoms. The summed E-state index contributed by atoms with van der Waals surface area (Å²) in [5.74, 6) is -0.394. The highest BCUT2D eigenvalue weighted by atomic mass is 19.4. The van der Waals surface area contributed by atoms with Crippen molar-refractivity contribution in [1.82, 2.24) is 0 Å². The largest absolute Gasteiger partial charge is 0.573 e. The number of benzene rings is 2. The van der Waals surface area contributed by atoms with E-state index < -0.39 is 6.36 Å². The molecule has 2 rings (SSSR count). The van der Waals surface area contributed by atoms with E-state index >= 15 is 0 Å². The fourth-order valence-corrected chi connectivity index (χ4v) is 2.31. The van der Waals surface area contributed by atoms with E-state index in [1.165, 1.54) is 18.2 Å². The molecule has 2 aromatic carbocycles. The summed E-state index contributed by atoms with van der Waals surface area (Å²) >= 11 is 0. The zero-order valence-corrected chi connectivity index (χ0v) is 14.9. The van der Waals surface area contributed by atoms with Crippen LogP contribution in [0, 0.1) is 0 Å². The van der Waals surface area contributed by atoms with Crippen molar-refractivity contribution < 1.29 is 22.6 Å². The summed E-state index contributed by atoms with van der Waals surface area (Å²) in [7, 11) is 0. The van der Waals surface area contributed by atoms with Gasteiger partial charge >= 0.3 is 6.36 Å². The number of alkyl halides is 3. The molecule has 0 aromatic heterocycles. The summed E-state index contributed by atoms with van der Waals surface area (Å²) in [6.07, 6.45) is -3.86. The van der Waals surface area contributed by atoms with Crippen LogP contribution in [0.4, 0.5) is 18.9 Å². The van der Waals surface area contributed by atoms with E-state index in [1.54, 1.807) is 6.07 Å². The van der Waals surface area contributed by atoms with Crippen LogP contribution < -0.4 is 15.8 Å². The monoisotopic (exact) mass is 381 g/mol. The van der Waals surface area contributed by atoms with E-state index in [2.05, 4.69) is 15.0 Å². The van der Waals surface area contributed by atoms with Crippen LogP contribution in [0.2, 0.25) is 0 Å². The van der Waals surface area contributed by atoms with E-state index in [4.69, 9.17) is 10.5 Å². The lowest BCUT2D eigenvalue weighted by atomic mass is 10.1.